The third-order valence-corrected chi connectivity index (χ3v) is 2.74. The fourth-order valence-electron chi connectivity index (χ4n) is 1.35. The number of aliphatic hydroxyl groups is 2. The Kier molecular flexibility index (Phi) is 4.98. The molecule has 17 heavy (non-hydrogen) atoms. The van der Waals surface area contributed by atoms with E-state index in [0.717, 1.165) is 12.1 Å². The molecule has 1 aromatic rings. The zero-order valence-electron chi connectivity index (χ0n) is 8.72. The average Bonchev–Trinajstić information content (AvgIpc) is 2.27. The van der Waals surface area contributed by atoms with Gasteiger partial charge < -0.3 is 10.2 Å². The maximum absolute atomic E-state index is 13.3. The highest BCUT2D eigenvalue weighted by Crippen LogP contribution is 2.24. The van der Waals surface area contributed by atoms with E-state index >= 15 is 0 Å². The van der Waals surface area contributed by atoms with Gasteiger partial charge in [0.25, 0.3) is 0 Å². The first-order chi connectivity index (χ1) is 7.97. The van der Waals surface area contributed by atoms with Crippen LogP contribution in [-0.2, 0) is 0 Å². The SMILES string of the molecule is O=[N+]([O-])c1ccc(C(O)C(O)CCBr)cc1F. The van der Waals surface area contributed by atoms with Gasteiger partial charge in [0.05, 0.1) is 11.0 Å². The molecule has 0 radical (unpaired) electrons. The van der Waals surface area contributed by atoms with E-state index in [9.17, 15) is 24.7 Å². The molecule has 0 saturated heterocycles. The minimum atomic E-state index is -1.26. The molecule has 94 valence electrons. The Morgan fingerprint density at radius 1 is 1.47 bits per heavy atom. The van der Waals surface area contributed by atoms with E-state index in [-0.39, 0.29) is 5.56 Å². The molecule has 0 amide bonds. The molecule has 5 nitrogen and oxygen atoms in total. The first-order valence-electron chi connectivity index (χ1n) is 4.83. The lowest BCUT2D eigenvalue weighted by atomic mass is 10.0. The van der Waals surface area contributed by atoms with Gasteiger partial charge in [0.1, 0.15) is 6.10 Å². The van der Waals surface area contributed by atoms with E-state index in [4.69, 9.17) is 0 Å². The minimum absolute atomic E-state index is 0.113. The normalized spacial score (nSPS) is 14.4. The lowest BCUT2D eigenvalue weighted by Crippen LogP contribution is -2.18. The maximum atomic E-state index is 13.3. The van der Waals surface area contributed by atoms with Crippen LogP contribution in [0.25, 0.3) is 0 Å². The number of nitro benzene ring substituents is 1. The predicted octanol–water partition coefficient (Wildman–Crippen LogP) is 1.91. The lowest BCUT2D eigenvalue weighted by molar-refractivity contribution is -0.387. The summed E-state index contributed by atoms with van der Waals surface area (Å²) in [5, 5.41) is 30.0. The Morgan fingerprint density at radius 2 is 2.12 bits per heavy atom. The molecule has 1 rings (SSSR count). The van der Waals surface area contributed by atoms with E-state index in [0.29, 0.717) is 11.8 Å². The fourth-order valence-corrected chi connectivity index (χ4v) is 1.82. The van der Waals surface area contributed by atoms with Gasteiger partial charge in [-0.25, -0.2) is 0 Å². The van der Waals surface area contributed by atoms with Crippen LogP contribution in [0.2, 0.25) is 0 Å². The molecule has 0 aromatic heterocycles. The summed E-state index contributed by atoms with van der Waals surface area (Å²) >= 11 is 3.10. The summed E-state index contributed by atoms with van der Waals surface area (Å²) in [6.45, 7) is 0. The molecular weight excluding hydrogens is 297 g/mol. The second-order valence-electron chi connectivity index (χ2n) is 3.46. The van der Waals surface area contributed by atoms with E-state index in [1.165, 1.54) is 6.07 Å². The first kappa shape index (κ1) is 14.0. The standard InChI is InChI=1S/C10H11BrFNO4/c11-4-3-9(14)10(15)6-1-2-8(13(16)17)7(12)5-6/h1-2,5,9-10,14-15H,3-4H2. The quantitative estimate of drug-likeness (QED) is 0.494. The van der Waals surface area contributed by atoms with Crippen LogP contribution in [0, 0.1) is 15.9 Å². The van der Waals surface area contributed by atoms with Gasteiger partial charge in [-0.3, -0.25) is 10.1 Å². The molecule has 0 aliphatic heterocycles. The maximum Gasteiger partial charge on any atom is 0.304 e. The Balaban J connectivity index is 2.93. The third kappa shape index (κ3) is 3.45. The van der Waals surface area contributed by atoms with Crippen molar-refractivity contribution in [2.75, 3.05) is 5.33 Å². The zero-order valence-corrected chi connectivity index (χ0v) is 10.3. The highest BCUT2D eigenvalue weighted by molar-refractivity contribution is 9.09. The van der Waals surface area contributed by atoms with E-state index in [2.05, 4.69) is 15.9 Å². The lowest BCUT2D eigenvalue weighted by Gasteiger charge is -2.17. The molecule has 0 aliphatic carbocycles. The average molecular weight is 308 g/mol. The highest BCUT2D eigenvalue weighted by atomic mass is 79.9. The molecule has 1 aromatic carbocycles. The van der Waals surface area contributed by atoms with Crippen LogP contribution >= 0.6 is 15.9 Å². The molecule has 0 bridgehead atoms. The van der Waals surface area contributed by atoms with Gasteiger partial charge in [-0.15, -0.1) is 0 Å². The summed E-state index contributed by atoms with van der Waals surface area (Å²) in [5.41, 5.74) is -0.544. The van der Waals surface area contributed by atoms with Crippen molar-refractivity contribution in [3.8, 4) is 0 Å². The van der Waals surface area contributed by atoms with Gasteiger partial charge in [0, 0.05) is 11.4 Å². The van der Waals surface area contributed by atoms with Crippen LogP contribution in [-0.4, -0.2) is 26.6 Å². The van der Waals surface area contributed by atoms with Gasteiger partial charge >= 0.3 is 5.69 Å². The minimum Gasteiger partial charge on any atom is -0.390 e. The number of alkyl halides is 1. The zero-order chi connectivity index (χ0) is 13.0. The van der Waals surface area contributed by atoms with Crippen LogP contribution in [0.1, 0.15) is 18.1 Å². The number of hydrogen-bond acceptors (Lipinski definition) is 4. The molecule has 2 unspecified atom stereocenters. The van der Waals surface area contributed by atoms with Gasteiger partial charge in [0.15, 0.2) is 0 Å². The van der Waals surface area contributed by atoms with E-state index in [1.807, 2.05) is 0 Å². The summed E-state index contributed by atoms with van der Waals surface area (Å²) in [5.74, 6) is -1.03. The summed E-state index contributed by atoms with van der Waals surface area (Å²) in [7, 11) is 0. The Morgan fingerprint density at radius 3 is 2.59 bits per heavy atom. The number of nitro groups is 1. The smallest absolute Gasteiger partial charge is 0.304 e. The number of benzene rings is 1. The van der Waals surface area contributed by atoms with Crippen LogP contribution in [0.15, 0.2) is 18.2 Å². The van der Waals surface area contributed by atoms with Crippen LogP contribution in [0.3, 0.4) is 0 Å². The van der Waals surface area contributed by atoms with Gasteiger partial charge in [0.2, 0.25) is 5.82 Å². The monoisotopic (exact) mass is 307 g/mol. The van der Waals surface area contributed by atoms with Crippen LogP contribution in [0.4, 0.5) is 10.1 Å². The van der Waals surface area contributed by atoms with Crippen molar-refractivity contribution in [1.29, 1.82) is 0 Å². The summed E-state index contributed by atoms with van der Waals surface area (Å²) in [6.07, 6.45) is -2.02. The summed E-state index contributed by atoms with van der Waals surface area (Å²) in [4.78, 5) is 9.54. The Labute approximate surface area is 105 Å². The molecule has 2 N–H and O–H groups in total. The molecule has 0 saturated carbocycles. The fraction of sp³-hybridized carbons (Fsp3) is 0.400. The Bertz CT molecular complexity index is 415. The predicted molar refractivity (Wildman–Crippen MR) is 62.4 cm³/mol. The summed E-state index contributed by atoms with van der Waals surface area (Å²) in [6, 6.07) is 3.05. The first-order valence-corrected chi connectivity index (χ1v) is 5.95. The molecule has 7 heteroatoms. The highest BCUT2D eigenvalue weighted by Gasteiger charge is 2.21. The van der Waals surface area contributed by atoms with Gasteiger partial charge in [-0.1, -0.05) is 15.9 Å². The summed E-state index contributed by atoms with van der Waals surface area (Å²) < 4.78 is 13.3. The Hall–Kier alpha value is -1.05. The van der Waals surface area contributed by atoms with Crippen LogP contribution in [0.5, 0.6) is 0 Å². The number of aliphatic hydroxyl groups excluding tert-OH is 2. The van der Waals surface area contributed by atoms with Crippen molar-refractivity contribution in [2.24, 2.45) is 0 Å². The van der Waals surface area contributed by atoms with Crippen LogP contribution < -0.4 is 0 Å². The molecular formula is C10H11BrFNO4. The molecule has 0 aliphatic rings. The molecule has 0 fully saturated rings. The van der Waals surface area contributed by atoms with E-state index < -0.39 is 28.6 Å². The van der Waals surface area contributed by atoms with Gasteiger partial charge in [-0.2, -0.15) is 4.39 Å². The number of hydrogen-bond donors (Lipinski definition) is 2. The third-order valence-electron chi connectivity index (χ3n) is 2.28. The van der Waals surface area contributed by atoms with Crippen molar-refractivity contribution in [2.45, 2.75) is 18.6 Å². The number of halogens is 2. The van der Waals surface area contributed by atoms with Crippen molar-refractivity contribution in [3.63, 3.8) is 0 Å². The van der Waals surface area contributed by atoms with E-state index in [1.54, 1.807) is 0 Å². The largest absolute Gasteiger partial charge is 0.390 e. The second kappa shape index (κ2) is 6.04. The topological polar surface area (TPSA) is 83.6 Å². The van der Waals surface area contributed by atoms with Gasteiger partial charge in [-0.05, 0) is 24.1 Å². The molecule has 0 spiro atoms. The van der Waals surface area contributed by atoms with Crippen molar-refractivity contribution < 1.29 is 19.5 Å². The van der Waals surface area contributed by atoms with Crippen molar-refractivity contribution in [3.05, 3.63) is 39.7 Å². The molecule has 0 heterocycles. The molecule has 2 atom stereocenters. The second-order valence-corrected chi connectivity index (χ2v) is 4.25. The number of nitrogens with zero attached hydrogens (tertiary/aromatic N) is 1. The van der Waals surface area contributed by atoms with Crippen molar-refractivity contribution in [1.82, 2.24) is 0 Å². The number of rotatable bonds is 5. The van der Waals surface area contributed by atoms with Crippen molar-refractivity contribution >= 4 is 21.6 Å².